The third kappa shape index (κ3) is 10.7. The van der Waals surface area contributed by atoms with Gasteiger partial charge in [0.15, 0.2) is 0 Å². The first-order valence-electron chi connectivity index (χ1n) is 1.49. The SMILES string of the molecule is [CH-]=C/C=C\[C-]=O.[Sc]. The zero-order valence-electron chi connectivity index (χ0n) is 3.79. The molecule has 0 fully saturated rings. The molecule has 2 heteroatoms. The summed E-state index contributed by atoms with van der Waals surface area (Å²) in [6.07, 6.45) is 5.40. The Labute approximate surface area is 61.9 Å². The summed E-state index contributed by atoms with van der Waals surface area (Å²) in [6.45, 7) is 4.82. The van der Waals surface area contributed by atoms with Crippen LogP contribution in [0.1, 0.15) is 0 Å². The van der Waals surface area contributed by atoms with Crippen LogP contribution >= 0.6 is 0 Å². The predicted molar refractivity (Wildman–Crippen MR) is 23.7 cm³/mol. The van der Waals surface area contributed by atoms with Crippen LogP contribution in [0.25, 0.3) is 0 Å². The molecule has 0 aliphatic heterocycles. The fourth-order valence-electron chi connectivity index (χ4n) is 0.0948. The van der Waals surface area contributed by atoms with Crippen molar-refractivity contribution in [3.05, 3.63) is 24.8 Å². The average molecular weight is 125 g/mol. The van der Waals surface area contributed by atoms with Crippen molar-refractivity contribution in [3.8, 4) is 0 Å². The second-order valence-corrected chi connectivity index (χ2v) is 0.669. The molecule has 0 saturated heterocycles. The average Bonchev–Trinajstić information content (AvgIpc) is 1.61. The Morgan fingerprint density at radius 1 is 1.57 bits per heavy atom. The number of hydrogen-bond donors (Lipinski definition) is 0. The van der Waals surface area contributed by atoms with E-state index in [-0.39, 0.29) is 25.8 Å². The Hall–Kier alpha value is 0.0201. The van der Waals surface area contributed by atoms with E-state index in [0.717, 1.165) is 0 Å². The van der Waals surface area contributed by atoms with Crippen molar-refractivity contribution in [1.82, 2.24) is 0 Å². The molecule has 0 aliphatic carbocycles. The van der Waals surface area contributed by atoms with Crippen LogP contribution in [0, 0.1) is 6.58 Å². The summed E-state index contributed by atoms with van der Waals surface area (Å²) in [5.41, 5.74) is 0. The summed E-state index contributed by atoms with van der Waals surface area (Å²) >= 11 is 0. The molecule has 0 N–H and O–H groups in total. The maximum atomic E-state index is 9.28. The van der Waals surface area contributed by atoms with Crippen LogP contribution in [0.15, 0.2) is 18.2 Å². The zero-order chi connectivity index (χ0) is 4.83. The molecule has 0 rings (SSSR count). The van der Waals surface area contributed by atoms with Gasteiger partial charge in [0, 0.05) is 25.8 Å². The Balaban J connectivity index is 0. The summed E-state index contributed by atoms with van der Waals surface area (Å²) in [7, 11) is 0. The monoisotopic (exact) mass is 125 g/mol. The van der Waals surface area contributed by atoms with Crippen LogP contribution in [0.2, 0.25) is 0 Å². The second kappa shape index (κ2) is 9.39. The van der Waals surface area contributed by atoms with Gasteiger partial charge in [0.2, 0.25) is 0 Å². The summed E-state index contributed by atoms with van der Waals surface area (Å²) in [5.74, 6) is 0. The van der Waals surface area contributed by atoms with Gasteiger partial charge in [0.05, 0.1) is 0 Å². The maximum Gasteiger partial charge on any atom is 0 e. The van der Waals surface area contributed by atoms with Crippen LogP contribution in [0.3, 0.4) is 0 Å². The fraction of sp³-hybridized carbons (Fsp3) is 0. The number of hydrogen-bond acceptors (Lipinski definition) is 1. The molecule has 7 heavy (non-hydrogen) atoms. The summed E-state index contributed by atoms with van der Waals surface area (Å²) in [4.78, 5) is 9.28. The van der Waals surface area contributed by atoms with Crippen LogP contribution in [0.5, 0.6) is 0 Å². The van der Waals surface area contributed by atoms with Crippen LogP contribution in [-0.4, -0.2) is 6.29 Å². The van der Waals surface area contributed by atoms with Crippen LogP contribution in [-0.2, 0) is 30.6 Å². The van der Waals surface area contributed by atoms with E-state index in [4.69, 9.17) is 6.58 Å². The van der Waals surface area contributed by atoms with Gasteiger partial charge in [-0.3, -0.25) is 6.58 Å². The molecule has 0 aliphatic rings. The van der Waals surface area contributed by atoms with E-state index in [1.54, 1.807) is 0 Å². The maximum absolute atomic E-state index is 9.28. The van der Waals surface area contributed by atoms with Gasteiger partial charge in [-0.15, -0.1) is 0 Å². The van der Waals surface area contributed by atoms with E-state index in [2.05, 4.69) is 0 Å². The molecule has 1 radical (unpaired) electrons. The van der Waals surface area contributed by atoms with Crippen molar-refractivity contribution in [1.29, 1.82) is 0 Å². The van der Waals surface area contributed by atoms with Crippen molar-refractivity contribution >= 4 is 6.29 Å². The van der Waals surface area contributed by atoms with Crippen molar-refractivity contribution in [2.24, 2.45) is 0 Å². The van der Waals surface area contributed by atoms with Gasteiger partial charge in [-0.1, -0.05) is 0 Å². The first-order chi connectivity index (χ1) is 2.91. The normalized spacial score (nSPS) is 7.43. The fourth-order valence-corrected chi connectivity index (χ4v) is 0.0948. The van der Waals surface area contributed by atoms with E-state index < -0.39 is 0 Å². The van der Waals surface area contributed by atoms with Gasteiger partial charge in [0.25, 0.3) is 0 Å². The Morgan fingerprint density at radius 2 is 2.14 bits per heavy atom. The molecule has 0 bridgehead atoms. The number of allylic oxidation sites excluding steroid dienone is 3. The Kier molecular flexibility index (Phi) is 13.5. The van der Waals surface area contributed by atoms with Crippen molar-refractivity contribution < 1.29 is 30.6 Å². The quantitative estimate of drug-likeness (QED) is 0.300. The molecule has 0 spiro atoms. The first kappa shape index (κ1) is 10.1. The molecular weight excluding hydrogens is 121 g/mol. The summed E-state index contributed by atoms with van der Waals surface area (Å²) in [6, 6.07) is 0. The molecule has 0 unspecified atom stereocenters. The van der Waals surface area contributed by atoms with Gasteiger partial charge in [-0.2, -0.15) is 6.08 Å². The van der Waals surface area contributed by atoms with E-state index in [9.17, 15) is 4.79 Å². The second-order valence-electron chi connectivity index (χ2n) is 0.669. The van der Waals surface area contributed by atoms with Gasteiger partial charge in [0.1, 0.15) is 0 Å². The van der Waals surface area contributed by atoms with Crippen molar-refractivity contribution in [2.75, 3.05) is 0 Å². The minimum Gasteiger partial charge on any atom is -0.419 e. The molecule has 0 aromatic carbocycles. The summed E-state index contributed by atoms with van der Waals surface area (Å²) < 4.78 is 0. The van der Waals surface area contributed by atoms with Gasteiger partial charge in [-0.25, -0.2) is 12.2 Å². The van der Waals surface area contributed by atoms with Gasteiger partial charge >= 0.3 is 0 Å². The molecule has 0 heterocycles. The molecule has 0 saturated carbocycles. The van der Waals surface area contributed by atoms with E-state index in [0.29, 0.717) is 0 Å². The smallest absolute Gasteiger partial charge is 0 e. The molecule has 1 nitrogen and oxygen atoms in total. The molecule has 0 aromatic heterocycles. The van der Waals surface area contributed by atoms with Crippen LogP contribution in [0.4, 0.5) is 0 Å². The third-order valence-corrected chi connectivity index (χ3v) is 0.275. The predicted octanol–water partition coefficient (Wildman–Crippen LogP) is 0.639. The molecular formula is C5H4OSc-2. The Morgan fingerprint density at radius 3 is 2.29 bits per heavy atom. The third-order valence-electron chi connectivity index (χ3n) is 0.275. The minimum absolute atomic E-state index is 0. The Bertz CT molecular complexity index is 66.1. The largest absolute Gasteiger partial charge is 0.419 e. The molecule has 0 amide bonds. The van der Waals surface area contributed by atoms with Gasteiger partial charge < -0.3 is 4.79 Å². The molecule has 35 valence electrons. The molecule has 0 aromatic rings. The standard InChI is InChI=1S/C5H4O.Sc/c1-2-3-4-5-6;/h1-4H;/q-2;/b4-3-;. The van der Waals surface area contributed by atoms with E-state index >= 15 is 0 Å². The van der Waals surface area contributed by atoms with Crippen LogP contribution < -0.4 is 0 Å². The molecule has 0 atom stereocenters. The zero-order valence-corrected chi connectivity index (χ0v) is 5.60. The number of rotatable bonds is 2. The van der Waals surface area contributed by atoms with Crippen molar-refractivity contribution in [3.63, 3.8) is 0 Å². The van der Waals surface area contributed by atoms with E-state index in [1.165, 1.54) is 24.5 Å². The topological polar surface area (TPSA) is 17.1 Å². The van der Waals surface area contributed by atoms with Crippen molar-refractivity contribution in [2.45, 2.75) is 0 Å². The minimum atomic E-state index is 0. The number of carbonyl (C=O) groups excluding carboxylic acids is 1. The first-order valence-corrected chi connectivity index (χ1v) is 1.49. The van der Waals surface area contributed by atoms with E-state index in [1.807, 2.05) is 0 Å². The summed E-state index contributed by atoms with van der Waals surface area (Å²) in [5, 5.41) is 0. The van der Waals surface area contributed by atoms with Gasteiger partial charge in [-0.05, 0) is 6.29 Å².